The number of amides is 2. The highest BCUT2D eigenvalue weighted by atomic mass is 32.1. The van der Waals surface area contributed by atoms with Gasteiger partial charge in [-0.1, -0.05) is 65.4 Å². The summed E-state index contributed by atoms with van der Waals surface area (Å²) in [5, 5.41) is 14.7. The van der Waals surface area contributed by atoms with E-state index in [1.165, 1.54) is 11.3 Å². The van der Waals surface area contributed by atoms with Crippen LogP contribution in [0.25, 0.3) is 10.6 Å². The molecule has 6 nitrogen and oxygen atoms in total. The van der Waals surface area contributed by atoms with E-state index in [0.29, 0.717) is 18.0 Å². The summed E-state index contributed by atoms with van der Waals surface area (Å²) in [7, 11) is 0. The summed E-state index contributed by atoms with van der Waals surface area (Å²) in [6, 6.07) is 17.0. The largest absolute Gasteiger partial charge is 0.345 e. The number of anilines is 1. The van der Waals surface area contributed by atoms with Crippen LogP contribution in [-0.2, 0) is 16.0 Å². The molecule has 7 heteroatoms. The number of nitrogens with one attached hydrogen (secondary N) is 2. The lowest BCUT2D eigenvalue weighted by atomic mass is 10.1. The summed E-state index contributed by atoms with van der Waals surface area (Å²) in [6.45, 7) is 3.66. The maximum absolute atomic E-state index is 12.3. The maximum Gasteiger partial charge on any atom is 0.248 e. The zero-order chi connectivity index (χ0) is 19.9. The van der Waals surface area contributed by atoms with Gasteiger partial charge in [-0.3, -0.25) is 14.9 Å². The molecule has 2 N–H and O–H groups in total. The van der Waals surface area contributed by atoms with Gasteiger partial charge in [-0.15, -0.1) is 10.2 Å². The lowest BCUT2D eigenvalue weighted by Crippen LogP contribution is -2.41. The number of aromatic nitrogens is 2. The molecule has 1 atom stereocenters. The SMILES string of the molecule is Cc1cccc(-c2nnc(NC(=O)[C@H](C)NC(=O)CCc3ccccc3)s2)c1. The van der Waals surface area contributed by atoms with E-state index >= 15 is 0 Å². The van der Waals surface area contributed by atoms with Crippen LogP contribution in [-0.4, -0.2) is 28.1 Å². The van der Waals surface area contributed by atoms with E-state index < -0.39 is 6.04 Å². The molecule has 144 valence electrons. The van der Waals surface area contributed by atoms with Crippen molar-refractivity contribution in [2.75, 3.05) is 5.32 Å². The van der Waals surface area contributed by atoms with Crippen molar-refractivity contribution in [1.29, 1.82) is 0 Å². The van der Waals surface area contributed by atoms with Gasteiger partial charge in [0.25, 0.3) is 0 Å². The van der Waals surface area contributed by atoms with Gasteiger partial charge in [0.15, 0.2) is 0 Å². The molecule has 0 aliphatic heterocycles. The van der Waals surface area contributed by atoms with Crippen LogP contribution in [0.5, 0.6) is 0 Å². The highest BCUT2D eigenvalue weighted by Crippen LogP contribution is 2.26. The molecule has 0 aliphatic rings. The zero-order valence-electron chi connectivity index (χ0n) is 15.8. The summed E-state index contributed by atoms with van der Waals surface area (Å²) in [5.74, 6) is -0.482. The lowest BCUT2D eigenvalue weighted by Gasteiger charge is -2.12. The third kappa shape index (κ3) is 5.47. The Labute approximate surface area is 168 Å². The number of hydrogen-bond donors (Lipinski definition) is 2. The first-order valence-corrected chi connectivity index (χ1v) is 9.87. The Morgan fingerprint density at radius 1 is 1.07 bits per heavy atom. The molecule has 0 saturated carbocycles. The van der Waals surface area contributed by atoms with Crippen LogP contribution >= 0.6 is 11.3 Å². The van der Waals surface area contributed by atoms with E-state index in [9.17, 15) is 9.59 Å². The van der Waals surface area contributed by atoms with Crippen molar-refractivity contribution in [2.45, 2.75) is 32.7 Å². The Morgan fingerprint density at radius 2 is 1.86 bits per heavy atom. The van der Waals surface area contributed by atoms with Crippen molar-refractivity contribution in [2.24, 2.45) is 0 Å². The molecule has 2 amide bonds. The van der Waals surface area contributed by atoms with Crippen LogP contribution < -0.4 is 10.6 Å². The van der Waals surface area contributed by atoms with Crippen molar-refractivity contribution in [3.63, 3.8) is 0 Å². The third-order valence-corrected chi connectivity index (χ3v) is 5.06. The van der Waals surface area contributed by atoms with E-state index in [1.807, 2.05) is 61.5 Å². The molecule has 0 fully saturated rings. The van der Waals surface area contributed by atoms with Crippen molar-refractivity contribution in [3.8, 4) is 10.6 Å². The summed E-state index contributed by atoms with van der Waals surface area (Å²) < 4.78 is 0. The van der Waals surface area contributed by atoms with E-state index in [2.05, 4.69) is 20.8 Å². The Hall–Kier alpha value is -3.06. The first-order valence-electron chi connectivity index (χ1n) is 9.06. The molecule has 0 bridgehead atoms. The number of aryl methyl sites for hydroxylation is 2. The highest BCUT2D eigenvalue weighted by molar-refractivity contribution is 7.18. The molecule has 2 aromatic carbocycles. The second-order valence-electron chi connectivity index (χ2n) is 6.55. The van der Waals surface area contributed by atoms with Crippen molar-refractivity contribution < 1.29 is 9.59 Å². The van der Waals surface area contributed by atoms with Gasteiger partial charge >= 0.3 is 0 Å². The normalized spacial score (nSPS) is 11.6. The zero-order valence-corrected chi connectivity index (χ0v) is 16.6. The molecule has 1 aromatic heterocycles. The van der Waals surface area contributed by atoms with Crippen LogP contribution in [0.15, 0.2) is 54.6 Å². The first-order chi connectivity index (χ1) is 13.5. The van der Waals surface area contributed by atoms with E-state index in [1.54, 1.807) is 6.92 Å². The Balaban J connectivity index is 1.51. The number of benzene rings is 2. The van der Waals surface area contributed by atoms with E-state index in [-0.39, 0.29) is 11.8 Å². The summed E-state index contributed by atoms with van der Waals surface area (Å²) in [6.07, 6.45) is 0.967. The average molecular weight is 395 g/mol. The summed E-state index contributed by atoms with van der Waals surface area (Å²) in [5.41, 5.74) is 3.18. The van der Waals surface area contributed by atoms with Crippen LogP contribution in [0.2, 0.25) is 0 Å². The quantitative estimate of drug-likeness (QED) is 0.641. The fourth-order valence-electron chi connectivity index (χ4n) is 2.66. The monoisotopic (exact) mass is 394 g/mol. The summed E-state index contributed by atoms with van der Waals surface area (Å²) >= 11 is 1.30. The Morgan fingerprint density at radius 3 is 2.61 bits per heavy atom. The minimum absolute atomic E-state index is 0.163. The van der Waals surface area contributed by atoms with Gasteiger partial charge in [0.2, 0.25) is 16.9 Å². The van der Waals surface area contributed by atoms with Crippen LogP contribution in [0, 0.1) is 6.92 Å². The van der Waals surface area contributed by atoms with Crippen LogP contribution in [0.4, 0.5) is 5.13 Å². The van der Waals surface area contributed by atoms with Gasteiger partial charge in [0, 0.05) is 12.0 Å². The minimum atomic E-state index is -0.658. The Bertz CT molecular complexity index is 956. The predicted octanol–water partition coefficient (Wildman–Crippen LogP) is 3.59. The van der Waals surface area contributed by atoms with Gasteiger partial charge in [0.05, 0.1) is 0 Å². The number of rotatable bonds is 7. The number of nitrogens with zero attached hydrogens (tertiary/aromatic N) is 2. The van der Waals surface area contributed by atoms with Crippen molar-refractivity contribution in [3.05, 3.63) is 65.7 Å². The number of carbonyl (C=O) groups excluding carboxylic acids is 2. The molecular formula is C21H22N4O2S. The van der Waals surface area contributed by atoms with Gasteiger partial charge in [-0.2, -0.15) is 0 Å². The van der Waals surface area contributed by atoms with Gasteiger partial charge < -0.3 is 5.32 Å². The molecule has 3 rings (SSSR count). The third-order valence-electron chi connectivity index (χ3n) is 4.17. The highest BCUT2D eigenvalue weighted by Gasteiger charge is 2.17. The van der Waals surface area contributed by atoms with Gasteiger partial charge in [-0.05, 0) is 31.9 Å². The minimum Gasteiger partial charge on any atom is -0.345 e. The molecule has 28 heavy (non-hydrogen) atoms. The predicted molar refractivity (Wildman–Crippen MR) is 111 cm³/mol. The van der Waals surface area contributed by atoms with Crippen LogP contribution in [0.1, 0.15) is 24.5 Å². The molecule has 1 heterocycles. The van der Waals surface area contributed by atoms with Crippen molar-refractivity contribution >= 4 is 28.3 Å². The topological polar surface area (TPSA) is 84.0 Å². The van der Waals surface area contributed by atoms with Crippen molar-refractivity contribution in [1.82, 2.24) is 15.5 Å². The second kappa shape index (κ2) is 9.23. The molecule has 0 aliphatic carbocycles. The van der Waals surface area contributed by atoms with E-state index in [0.717, 1.165) is 21.7 Å². The number of hydrogen-bond acceptors (Lipinski definition) is 5. The molecule has 0 saturated heterocycles. The second-order valence-corrected chi connectivity index (χ2v) is 7.52. The fraction of sp³-hybridized carbons (Fsp3) is 0.238. The Kier molecular flexibility index (Phi) is 6.49. The van der Waals surface area contributed by atoms with Gasteiger partial charge in [0.1, 0.15) is 11.0 Å². The summed E-state index contributed by atoms with van der Waals surface area (Å²) in [4.78, 5) is 24.4. The lowest BCUT2D eigenvalue weighted by molar-refractivity contribution is -0.126. The average Bonchev–Trinajstić information content (AvgIpc) is 3.15. The van der Waals surface area contributed by atoms with Gasteiger partial charge in [-0.25, -0.2) is 0 Å². The fourth-order valence-corrected chi connectivity index (χ4v) is 3.41. The maximum atomic E-state index is 12.3. The van der Waals surface area contributed by atoms with E-state index in [4.69, 9.17) is 0 Å². The number of carbonyl (C=O) groups is 2. The molecule has 0 spiro atoms. The smallest absolute Gasteiger partial charge is 0.248 e. The first kappa shape index (κ1) is 19.7. The molecule has 3 aromatic rings. The molecule has 0 unspecified atom stereocenters. The molecular weight excluding hydrogens is 372 g/mol. The molecule has 0 radical (unpaired) electrons. The van der Waals surface area contributed by atoms with Crippen LogP contribution in [0.3, 0.4) is 0 Å². The standard InChI is InChI=1S/C21H22N4O2S/c1-14-7-6-10-17(13-14)20-24-25-21(28-20)23-19(27)15(2)22-18(26)12-11-16-8-4-3-5-9-16/h3-10,13,15H,11-12H2,1-2H3,(H,22,26)(H,23,25,27)/t15-/m0/s1.